The van der Waals surface area contributed by atoms with Gasteiger partial charge in [-0.1, -0.05) is 17.3 Å². The lowest BCUT2D eigenvalue weighted by Crippen LogP contribution is -2.13. The summed E-state index contributed by atoms with van der Waals surface area (Å²) in [7, 11) is 1.88. The summed E-state index contributed by atoms with van der Waals surface area (Å²) in [6.45, 7) is 4.23. The first-order chi connectivity index (χ1) is 14.0. The molecule has 0 N–H and O–H groups in total. The van der Waals surface area contributed by atoms with Crippen molar-refractivity contribution < 1.29 is 9.53 Å². The number of benzene rings is 2. The van der Waals surface area contributed by atoms with Crippen molar-refractivity contribution in [2.24, 2.45) is 7.05 Å². The second kappa shape index (κ2) is 8.13. The highest BCUT2D eigenvalue weighted by molar-refractivity contribution is 7.17. The van der Waals surface area contributed by atoms with Gasteiger partial charge in [-0.25, -0.2) is 4.68 Å². The summed E-state index contributed by atoms with van der Waals surface area (Å²) in [6.07, 6.45) is 0.262. The SMILES string of the molecule is CCOC(=O)C[C@H](c1cc(CCl)c2sccc2c1)c1ccc2c(nnn2C)c1C. The maximum atomic E-state index is 12.5. The molecule has 4 aromatic rings. The number of fused-ring (bicyclic) bond motifs is 2. The first-order valence-corrected chi connectivity index (χ1v) is 10.9. The van der Waals surface area contributed by atoms with E-state index in [1.165, 1.54) is 4.70 Å². The van der Waals surface area contributed by atoms with Crippen molar-refractivity contribution in [1.29, 1.82) is 0 Å². The number of aryl methyl sites for hydroxylation is 2. The Morgan fingerprint density at radius 3 is 2.90 bits per heavy atom. The van der Waals surface area contributed by atoms with Crippen LogP contribution in [0.3, 0.4) is 0 Å². The number of hydrogen-bond acceptors (Lipinski definition) is 5. The molecule has 7 heteroatoms. The molecule has 29 heavy (non-hydrogen) atoms. The smallest absolute Gasteiger partial charge is 0.306 e. The Bertz CT molecular complexity index is 1200. The molecule has 0 unspecified atom stereocenters. The summed E-state index contributed by atoms with van der Waals surface area (Å²) in [5, 5.41) is 11.7. The highest BCUT2D eigenvalue weighted by Gasteiger charge is 2.24. The van der Waals surface area contributed by atoms with E-state index < -0.39 is 0 Å². The summed E-state index contributed by atoms with van der Waals surface area (Å²) in [4.78, 5) is 12.5. The number of nitrogens with zero attached hydrogens (tertiary/aromatic N) is 3. The molecule has 5 nitrogen and oxygen atoms in total. The first kappa shape index (κ1) is 19.9. The van der Waals surface area contributed by atoms with Gasteiger partial charge < -0.3 is 4.74 Å². The average molecular weight is 428 g/mol. The Morgan fingerprint density at radius 1 is 1.31 bits per heavy atom. The largest absolute Gasteiger partial charge is 0.466 e. The van der Waals surface area contributed by atoms with Gasteiger partial charge in [-0.15, -0.1) is 28.0 Å². The van der Waals surface area contributed by atoms with Gasteiger partial charge in [0.2, 0.25) is 0 Å². The van der Waals surface area contributed by atoms with Crippen molar-refractivity contribution in [2.45, 2.75) is 32.1 Å². The maximum absolute atomic E-state index is 12.5. The van der Waals surface area contributed by atoms with Crippen LogP contribution in [0.1, 0.15) is 41.5 Å². The fourth-order valence-electron chi connectivity index (χ4n) is 3.90. The quantitative estimate of drug-likeness (QED) is 0.309. The topological polar surface area (TPSA) is 57.0 Å². The second-order valence-corrected chi connectivity index (χ2v) is 8.26. The monoisotopic (exact) mass is 427 g/mol. The molecule has 2 aromatic heterocycles. The van der Waals surface area contributed by atoms with Crippen LogP contribution in [-0.4, -0.2) is 27.6 Å². The van der Waals surface area contributed by atoms with Gasteiger partial charge in [-0.3, -0.25) is 4.79 Å². The molecule has 0 amide bonds. The van der Waals surface area contributed by atoms with Crippen molar-refractivity contribution in [3.05, 3.63) is 58.0 Å². The molecule has 0 fully saturated rings. The Hall–Kier alpha value is -2.44. The predicted octanol–water partition coefficient (Wildman–Crippen LogP) is 5.32. The number of carbonyl (C=O) groups excluding carboxylic acids is 1. The Kier molecular flexibility index (Phi) is 5.56. The number of carbonyl (C=O) groups is 1. The normalized spacial score (nSPS) is 12.6. The van der Waals surface area contributed by atoms with Gasteiger partial charge in [0.1, 0.15) is 5.52 Å². The molecule has 0 radical (unpaired) electrons. The van der Waals surface area contributed by atoms with E-state index in [9.17, 15) is 4.79 Å². The summed E-state index contributed by atoms with van der Waals surface area (Å²) in [6, 6.07) is 10.5. The number of halogens is 1. The van der Waals surface area contributed by atoms with Crippen molar-refractivity contribution in [3.8, 4) is 0 Å². The molecule has 0 aliphatic rings. The zero-order valence-electron chi connectivity index (χ0n) is 16.6. The highest BCUT2D eigenvalue weighted by atomic mass is 35.5. The third-order valence-electron chi connectivity index (χ3n) is 5.33. The number of hydrogen-bond donors (Lipinski definition) is 0. The Balaban J connectivity index is 1.88. The van der Waals surface area contributed by atoms with Crippen LogP contribution in [0.5, 0.6) is 0 Å². The van der Waals surface area contributed by atoms with Crippen molar-refractivity contribution in [1.82, 2.24) is 15.0 Å². The van der Waals surface area contributed by atoms with Crippen molar-refractivity contribution in [2.75, 3.05) is 6.61 Å². The van der Waals surface area contributed by atoms with Gasteiger partial charge >= 0.3 is 5.97 Å². The Morgan fingerprint density at radius 2 is 2.14 bits per heavy atom. The predicted molar refractivity (Wildman–Crippen MR) is 118 cm³/mol. The lowest BCUT2D eigenvalue weighted by molar-refractivity contribution is -0.143. The molecular weight excluding hydrogens is 406 g/mol. The summed E-state index contributed by atoms with van der Waals surface area (Å²) >= 11 is 7.93. The van der Waals surface area contributed by atoms with Gasteiger partial charge in [-0.05, 0) is 65.1 Å². The maximum Gasteiger partial charge on any atom is 0.306 e. The summed E-state index contributed by atoms with van der Waals surface area (Å²) in [5.74, 6) is 0.0693. The van der Waals surface area contributed by atoms with Gasteiger partial charge in [-0.2, -0.15) is 0 Å². The fourth-order valence-corrected chi connectivity index (χ4v) is 5.09. The molecule has 4 rings (SSSR count). The van der Waals surface area contributed by atoms with E-state index in [-0.39, 0.29) is 18.3 Å². The molecule has 0 spiro atoms. The van der Waals surface area contributed by atoms with Crippen LogP contribution in [0.15, 0.2) is 35.7 Å². The zero-order valence-corrected chi connectivity index (χ0v) is 18.2. The second-order valence-electron chi connectivity index (χ2n) is 7.07. The van der Waals surface area contributed by atoms with E-state index in [1.807, 2.05) is 27.0 Å². The van der Waals surface area contributed by atoms with E-state index >= 15 is 0 Å². The van der Waals surface area contributed by atoms with Crippen LogP contribution in [0, 0.1) is 6.92 Å². The van der Waals surface area contributed by atoms with E-state index in [4.69, 9.17) is 16.3 Å². The summed E-state index contributed by atoms with van der Waals surface area (Å²) < 4.78 is 8.23. The van der Waals surface area contributed by atoms with Gasteiger partial charge in [0.05, 0.1) is 18.5 Å². The van der Waals surface area contributed by atoms with E-state index in [0.717, 1.165) is 38.7 Å². The van der Waals surface area contributed by atoms with E-state index in [1.54, 1.807) is 16.0 Å². The number of alkyl halides is 1. The number of esters is 1. The van der Waals surface area contributed by atoms with Gasteiger partial charge in [0.15, 0.2) is 0 Å². The minimum Gasteiger partial charge on any atom is -0.466 e. The lowest BCUT2D eigenvalue weighted by Gasteiger charge is -2.21. The van der Waals surface area contributed by atoms with Crippen LogP contribution in [0.25, 0.3) is 21.1 Å². The molecule has 0 aliphatic heterocycles. The number of ether oxygens (including phenoxy) is 1. The zero-order chi connectivity index (χ0) is 20.5. The molecule has 2 aromatic carbocycles. The number of aromatic nitrogens is 3. The standard InChI is InChI=1S/C22H22ClN3O2S/c1-4-28-20(27)11-18(15-9-14-7-8-29-22(14)16(10-15)12-23)17-5-6-19-21(13(17)2)24-25-26(19)3/h5-10,18H,4,11-12H2,1-3H3/t18-/m1/s1. The molecule has 2 heterocycles. The van der Waals surface area contributed by atoms with Crippen LogP contribution in [-0.2, 0) is 22.5 Å². The molecule has 0 aliphatic carbocycles. The third kappa shape index (κ3) is 3.63. The van der Waals surface area contributed by atoms with Gasteiger partial charge in [0, 0.05) is 23.5 Å². The third-order valence-corrected chi connectivity index (χ3v) is 6.62. The van der Waals surface area contributed by atoms with Crippen LogP contribution >= 0.6 is 22.9 Å². The average Bonchev–Trinajstić information content (AvgIpc) is 3.33. The van der Waals surface area contributed by atoms with Crippen LogP contribution < -0.4 is 0 Å². The molecule has 1 atom stereocenters. The molecular formula is C22H22ClN3O2S. The Labute approximate surface area is 178 Å². The highest BCUT2D eigenvalue weighted by Crippen LogP contribution is 2.37. The summed E-state index contributed by atoms with van der Waals surface area (Å²) in [5.41, 5.74) is 6.06. The van der Waals surface area contributed by atoms with Crippen molar-refractivity contribution in [3.63, 3.8) is 0 Å². The fraction of sp³-hybridized carbons (Fsp3) is 0.318. The molecule has 0 bridgehead atoms. The number of rotatable bonds is 6. The van der Waals surface area contributed by atoms with Crippen LogP contribution in [0.4, 0.5) is 0 Å². The van der Waals surface area contributed by atoms with Crippen LogP contribution in [0.2, 0.25) is 0 Å². The van der Waals surface area contributed by atoms with Crippen molar-refractivity contribution >= 4 is 50.0 Å². The minimum atomic E-state index is -0.214. The van der Waals surface area contributed by atoms with Gasteiger partial charge in [0.25, 0.3) is 0 Å². The number of thiophene rings is 1. The van der Waals surface area contributed by atoms with E-state index in [0.29, 0.717) is 12.5 Å². The lowest BCUT2D eigenvalue weighted by atomic mass is 9.84. The first-order valence-electron chi connectivity index (χ1n) is 9.54. The minimum absolute atomic E-state index is 0.147. The van der Waals surface area contributed by atoms with E-state index in [2.05, 4.69) is 40.0 Å². The molecule has 0 saturated carbocycles. The molecule has 150 valence electrons. The molecule has 0 saturated heterocycles.